The average molecular weight is 410 g/mol. The van der Waals surface area contributed by atoms with Crippen LogP contribution >= 0.6 is 11.5 Å². The molecule has 0 saturated carbocycles. The van der Waals surface area contributed by atoms with E-state index in [1.807, 2.05) is 12.1 Å². The number of anilines is 1. The fourth-order valence-electron chi connectivity index (χ4n) is 2.41. The Morgan fingerprint density at radius 3 is 1.85 bits per heavy atom. The molecule has 0 bridgehead atoms. The van der Waals surface area contributed by atoms with Crippen LogP contribution in [0.3, 0.4) is 0 Å². The van der Waals surface area contributed by atoms with E-state index in [0.29, 0.717) is 0 Å². The molecular formula is C18H20ClN3O4S. The Morgan fingerprint density at radius 1 is 0.889 bits per heavy atom. The van der Waals surface area contributed by atoms with Gasteiger partial charge in [-0.25, -0.2) is 18.6 Å². The third-order valence-corrected chi connectivity index (χ3v) is 4.70. The zero-order valence-electron chi connectivity index (χ0n) is 14.9. The van der Waals surface area contributed by atoms with Gasteiger partial charge >= 0.3 is 11.0 Å². The molecule has 27 heavy (non-hydrogen) atoms. The Morgan fingerprint density at radius 2 is 1.37 bits per heavy atom. The molecule has 1 aromatic heterocycles. The number of nitrogens with zero attached hydrogens (tertiary/aromatic N) is 3. The summed E-state index contributed by atoms with van der Waals surface area (Å²) in [6.07, 6.45) is 0. The number of rotatable bonds is 5. The maximum atomic E-state index is 8.49. The fraction of sp³-hybridized carbons (Fsp3) is 0.222. The monoisotopic (exact) mass is 409 g/mol. The second kappa shape index (κ2) is 9.75. The summed E-state index contributed by atoms with van der Waals surface area (Å²) in [7, 11) is -4.94. The lowest BCUT2D eigenvalue weighted by atomic mass is 10.2. The quantitative estimate of drug-likeness (QED) is 0.509. The van der Waals surface area contributed by atoms with Gasteiger partial charge in [0.1, 0.15) is 17.2 Å². The van der Waals surface area contributed by atoms with Crippen molar-refractivity contribution >= 4 is 16.7 Å². The normalized spacial score (nSPS) is 10.9. The number of para-hydroxylation sites is 1. The topological polar surface area (TPSA) is 112 Å². The Labute approximate surface area is 164 Å². The minimum absolute atomic E-state index is 0.965. The van der Waals surface area contributed by atoms with Gasteiger partial charge in [0, 0.05) is 13.1 Å². The van der Waals surface area contributed by atoms with Crippen molar-refractivity contribution in [1.82, 2.24) is 4.98 Å². The van der Waals surface area contributed by atoms with Crippen LogP contribution in [0.15, 0.2) is 60.7 Å². The van der Waals surface area contributed by atoms with E-state index in [1.54, 1.807) is 11.5 Å². The Hall–Kier alpha value is -2.07. The van der Waals surface area contributed by atoms with Gasteiger partial charge in [-0.2, -0.15) is 0 Å². The SMILES string of the molecule is CCN(CC)c1nc(-c2ccccc2)[n+](-c2ccccc2)s1.[O-][Cl+3]([O-])([O-])[O-]. The summed E-state index contributed by atoms with van der Waals surface area (Å²) in [4.78, 5) is 7.19. The molecule has 0 aliphatic carbocycles. The summed E-state index contributed by atoms with van der Waals surface area (Å²) in [5, 5.41) is 1.06. The predicted molar refractivity (Wildman–Crippen MR) is 92.6 cm³/mol. The predicted octanol–water partition coefficient (Wildman–Crippen LogP) is -0.823. The molecule has 3 aromatic rings. The smallest absolute Gasteiger partial charge is 0.325 e. The lowest BCUT2D eigenvalue weighted by Gasteiger charge is -2.17. The number of aromatic nitrogens is 2. The average Bonchev–Trinajstić information content (AvgIpc) is 3.08. The standard InChI is InChI=1S/C18H20N3S.ClHO4/c1-3-20(4-2)18-19-17(15-11-7-5-8-12-15)21(22-18)16-13-9-6-10-14-16;2-1(3,4)5/h5-14H,3-4H2,1-2H3;(H,2,3,4,5)/q+1;/p-1. The number of hydrogen-bond acceptors (Lipinski definition) is 7. The zero-order valence-corrected chi connectivity index (χ0v) is 16.5. The second-order valence-corrected chi connectivity index (χ2v) is 7.02. The second-order valence-electron chi connectivity index (χ2n) is 5.36. The molecule has 1 heterocycles. The van der Waals surface area contributed by atoms with E-state index < -0.39 is 10.2 Å². The third-order valence-electron chi connectivity index (χ3n) is 3.62. The van der Waals surface area contributed by atoms with Crippen LogP contribution in [0.2, 0.25) is 0 Å². The minimum atomic E-state index is -4.94. The van der Waals surface area contributed by atoms with Gasteiger partial charge in [0.15, 0.2) is 0 Å². The van der Waals surface area contributed by atoms with Gasteiger partial charge in [0.2, 0.25) is 0 Å². The van der Waals surface area contributed by atoms with E-state index in [2.05, 4.69) is 71.2 Å². The van der Waals surface area contributed by atoms with Crippen molar-refractivity contribution < 1.29 is 32.8 Å². The summed E-state index contributed by atoms with van der Waals surface area (Å²) >= 11 is 1.70. The molecule has 7 nitrogen and oxygen atoms in total. The van der Waals surface area contributed by atoms with Gasteiger partial charge in [-0.3, -0.25) is 0 Å². The highest BCUT2D eigenvalue weighted by molar-refractivity contribution is 7.06. The van der Waals surface area contributed by atoms with Crippen LogP contribution in [0, 0.1) is 10.2 Å². The lowest BCUT2D eigenvalue weighted by Crippen LogP contribution is -2.68. The third kappa shape index (κ3) is 6.55. The minimum Gasteiger partial charge on any atom is -0.325 e. The Balaban J connectivity index is 0.000000465. The molecule has 0 saturated heterocycles. The highest BCUT2D eigenvalue weighted by Gasteiger charge is 2.26. The van der Waals surface area contributed by atoms with Crippen LogP contribution in [0.1, 0.15) is 13.8 Å². The maximum absolute atomic E-state index is 8.49. The molecule has 0 spiro atoms. The van der Waals surface area contributed by atoms with Crippen molar-refractivity contribution in [3.8, 4) is 17.1 Å². The van der Waals surface area contributed by atoms with Crippen molar-refractivity contribution in [3.63, 3.8) is 0 Å². The van der Waals surface area contributed by atoms with E-state index in [9.17, 15) is 0 Å². The Bertz CT molecular complexity index is 759. The van der Waals surface area contributed by atoms with Crippen LogP contribution in [0.4, 0.5) is 5.13 Å². The van der Waals surface area contributed by atoms with E-state index in [0.717, 1.165) is 35.3 Å². The maximum Gasteiger partial charge on any atom is 0.350 e. The van der Waals surface area contributed by atoms with Crippen molar-refractivity contribution in [1.29, 1.82) is 0 Å². The first-order chi connectivity index (χ1) is 12.8. The summed E-state index contributed by atoms with van der Waals surface area (Å²) in [5.41, 5.74) is 2.29. The van der Waals surface area contributed by atoms with Crippen molar-refractivity contribution in [2.75, 3.05) is 18.0 Å². The molecule has 0 N–H and O–H groups in total. The largest absolute Gasteiger partial charge is 0.350 e. The van der Waals surface area contributed by atoms with Crippen LogP contribution in [-0.4, -0.2) is 18.1 Å². The molecule has 9 heteroatoms. The molecule has 0 atom stereocenters. The molecule has 3 rings (SSSR count). The van der Waals surface area contributed by atoms with Crippen LogP contribution in [0.25, 0.3) is 17.1 Å². The van der Waals surface area contributed by atoms with Crippen LogP contribution in [-0.2, 0) is 0 Å². The van der Waals surface area contributed by atoms with Crippen molar-refractivity contribution in [2.45, 2.75) is 13.8 Å². The molecule has 0 unspecified atom stereocenters. The van der Waals surface area contributed by atoms with Gasteiger partial charge in [-0.15, -0.1) is 14.2 Å². The van der Waals surface area contributed by atoms with Gasteiger partial charge < -0.3 is 4.90 Å². The number of benzene rings is 2. The molecule has 0 aliphatic rings. The number of hydrogen-bond donors (Lipinski definition) is 0. The van der Waals surface area contributed by atoms with Gasteiger partial charge in [-0.05, 0) is 43.1 Å². The van der Waals surface area contributed by atoms with E-state index in [1.165, 1.54) is 0 Å². The molecule has 0 fully saturated rings. The molecule has 0 amide bonds. The molecular weight excluding hydrogens is 390 g/mol. The van der Waals surface area contributed by atoms with Crippen LogP contribution < -0.4 is 27.5 Å². The first-order valence-corrected chi connectivity index (χ1v) is 10.2. The highest BCUT2D eigenvalue weighted by Crippen LogP contribution is 2.24. The molecule has 0 aliphatic heterocycles. The van der Waals surface area contributed by atoms with Gasteiger partial charge in [-0.1, -0.05) is 36.4 Å². The van der Waals surface area contributed by atoms with Crippen LogP contribution in [0.5, 0.6) is 0 Å². The zero-order chi connectivity index (χ0) is 19.9. The fourth-order valence-corrected chi connectivity index (χ4v) is 3.54. The molecule has 0 radical (unpaired) electrons. The summed E-state index contributed by atoms with van der Waals surface area (Å²) in [5.74, 6) is 0.999. The lowest BCUT2D eigenvalue weighted by molar-refractivity contribution is -2.00. The first kappa shape index (κ1) is 21.2. The Kier molecular flexibility index (Phi) is 7.66. The van der Waals surface area contributed by atoms with E-state index in [4.69, 9.17) is 23.6 Å². The van der Waals surface area contributed by atoms with Gasteiger partial charge in [0.05, 0.1) is 5.56 Å². The van der Waals surface area contributed by atoms with Crippen molar-refractivity contribution in [2.24, 2.45) is 0 Å². The summed E-state index contributed by atoms with van der Waals surface area (Å²) < 4.78 is 36.2. The first-order valence-electron chi connectivity index (χ1n) is 8.24. The molecule has 144 valence electrons. The number of halogens is 1. The summed E-state index contributed by atoms with van der Waals surface area (Å²) in [6.45, 7) is 6.26. The summed E-state index contributed by atoms with van der Waals surface area (Å²) in [6, 6.07) is 20.8. The molecule has 2 aromatic carbocycles. The van der Waals surface area contributed by atoms with Crippen molar-refractivity contribution in [3.05, 3.63) is 60.7 Å². The van der Waals surface area contributed by atoms with E-state index in [-0.39, 0.29) is 0 Å². The van der Waals surface area contributed by atoms with E-state index >= 15 is 0 Å². The highest BCUT2D eigenvalue weighted by atomic mass is 35.7. The van der Waals surface area contributed by atoms with Gasteiger partial charge in [0.25, 0.3) is 0 Å².